The number of aliphatic hydroxyl groups excluding tert-OH is 1. The lowest BCUT2D eigenvalue weighted by Gasteiger charge is -2.21. The Bertz CT molecular complexity index is 384. The number of hydrogen-bond donors (Lipinski definition) is 1. The highest BCUT2D eigenvalue weighted by atomic mass is 79.9. The van der Waals surface area contributed by atoms with E-state index in [4.69, 9.17) is 5.11 Å². The van der Waals surface area contributed by atoms with Crippen LogP contribution in [0.1, 0.15) is 6.92 Å². The molecule has 0 heterocycles. The minimum atomic E-state index is -0.415. The minimum Gasteiger partial charge on any atom is -0.395 e. The van der Waals surface area contributed by atoms with Crippen molar-refractivity contribution >= 4 is 27.3 Å². The van der Waals surface area contributed by atoms with E-state index in [1.807, 2.05) is 6.92 Å². The first kappa shape index (κ1) is 12.9. The number of nitrogens with zero attached hydrogens (tertiary/aromatic N) is 2. The summed E-state index contributed by atoms with van der Waals surface area (Å²) >= 11 is 3.28. The molecule has 0 bridgehead atoms. The van der Waals surface area contributed by atoms with Gasteiger partial charge >= 0.3 is 0 Å². The van der Waals surface area contributed by atoms with Crippen LogP contribution < -0.4 is 4.90 Å². The zero-order chi connectivity index (χ0) is 12.1. The molecule has 16 heavy (non-hydrogen) atoms. The highest BCUT2D eigenvalue weighted by Crippen LogP contribution is 2.30. The topological polar surface area (TPSA) is 66.6 Å². The van der Waals surface area contributed by atoms with Gasteiger partial charge in [-0.2, -0.15) is 0 Å². The van der Waals surface area contributed by atoms with Crippen molar-refractivity contribution in [3.63, 3.8) is 0 Å². The summed E-state index contributed by atoms with van der Waals surface area (Å²) in [6, 6.07) is 4.78. The lowest BCUT2D eigenvalue weighted by atomic mass is 10.2. The van der Waals surface area contributed by atoms with E-state index in [1.54, 1.807) is 17.0 Å². The van der Waals surface area contributed by atoms with E-state index in [0.717, 1.165) is 4.47 Å². The van der Waals surface area contributed by atoms with E-state index in [9.17, 15) is 10.1 Å². The summed E-state index contributed by atoms with van der Waals surface area (Å²) in [6.07, 6.45) is 0. The molecule has 0 amide bonds. The van der Waals surface area contributed by atoms with Gasteiger partial charge in [0.15, 0.2) is 0 Å². The van der Waals surface area contributed by atoms with Crippen molar-refractivity contribution in [1.82, 2.24) is 0 Å². The molecule has 88 valence electrons. The molecule has 0 aliphatic heterocycles. The fourth-order valence-corrected chi connectivity index (χ4v) is 1.82. The van der Waals surface area contributed by atoms with Crippen molar-refractivity contribution in [1.29, 1.82) is 0 Å². The molecule has 1 rings (SSSR count). The second-order valence-electron chi connectivity index (χ2n) is 3.19. The van der Waals surface area contributed by atoms with Crippen LogP contribution in [0.4, 0.5) is 11.4 Å². The summed E-state index contributed by atoms with van der Waals surface area (Å²) < 4.78 is 0.782. The molecule has 1 N–H and O–H groups in total. The smallest absolute Gasteiger partial charge is 0.292 e. The number of hydrogen-bond acceptors (Lipinski definition) is 4. The summed E-state index contributed by atoms with van der Waals surface area (Å²) in [5, 5.41) is 19.8. The summed E-state index contributed by atoms with van der Waals surface area (Å²) in [7, 11) is 0. The molecule has 1 aromatic rings. The summed E-state index contributed by atoms with van der Waals surface area (Å²) in [6.45, 7) is 2.85. The van der Waals surface area contributed by atoms with Crippen molar-refractivity contribution in [3.8, 4) is 0 Å². The van der Waals surface area contributed by atoms with Crippen LogP contribution in [0.25, 0.3) is 0 Å². The first-order valence-electron chi connectivity index (χ1n) is 4.90. The molecule has 0 fully saturated rings. The van der Waals surface area contributed by atoms with Crippen LogP contribution >= 0.6 is 15.9 Å². The summed E-state index contributed by atoms with van der Waals surface area (Å²) in [5.74, 6) is 0. The van der Waals surface area contributed by atoms with Gasteiger partial charge in [-0.25, -0.2) is 0 Å². The first-order chi connectivity index (χ1) is 7.60. The number of nitro benzene ring substituents is 1. The zero-order valence-electron chi connectivity index (χ0n) is 8.89. The number of halogens is 1. The summed E-state index contributed by atoms with van der Waals surface area (Å²) in [4.78, 5) is 12.2. The second kappa shape index (κ2) is 5.81. The molecule has 0 unspecified atom stereocenters. The lowest BCUT2D eigenvalue weighted by molar-refractivity contribution is -0.384. The Labute approximate surface area is 102 Å². The van der Waals surface area contributed by atoms with Crippen LogP contribution in [0.5, 0.6) is 0 Å². The maximum absolute atomic E-state index is 10.9. The van der Waals surface area contributed by atoms with Crippen molar-refractivity contribution in [3.05, 3.63) is 32.8 Å². The number of nitro groups is 1. The number of aliphatic hydroxyl groups is 1. The van der Waals surface area contributed by atoms with Gasteiger partial charge in [0.05, 0.1) is 11.5 Å². The van der Waals surface area contributed by atoms with Crippen molar-refractivity contribution in [2.24, 2.45) is 0 Å². The molecular weight excluding hydrogens is 276 g/mol. The Hall–Kier alpha value is -1.14. The standard InChI is InChI=1S/C10H13BrN2O3/c1-2-12(5-6-14)10-7-8(11)3-4-9(10)13(15)16/h3-4,7,14H,2,5-6H2,1H3. The predicted octanol–water partition coefficient (Wildman–Crippen LogP) is 2.18. The first-order valence-corrected chi connectivity index (χ1v) is 5.69. The molecule has 0 aromatic heterocycles. The molecule has 0 spiro atoms. The van der Waals surface area contributed by atoms with Crippen LogP contribution in [-0.2, 0) is 0 Å². The van der Waals surface area contributed by atoms with E-state index < -0.39 is 4.92 Å². The Kier molecular flexibility index (Phi) is 4.70. The molecule has 0 atom stereocenters. The van der Waals surface area contributed by atoms with E-state index >= 15 is 0 Å². The van der Waals surface area contributed by atoms with Gasteiger partial charge in [0.2, 0.25) is 0 Å². The monoisotopic (exact) mass is 288 g/mol. The van der Waals surface area contributed by atoms with Crippen molar-refractivity contribution < 1.29 is 10.0 Å². The molecule has 6 heteroatoms. The summed E-state index contributed by atoms with van der Waals surface area (Å²) in [5.41, 5.74) is 0.578. The van der Waals surface area contributed by atoms with Gasteiger partial charge in [0, 0.05) is 23.6 Å². The third-order valence-corrected chi connectivity index (χ3v) is 2.72. The quantitative estimate of drug-likeness (QED) is 0.666. The molecule has 1 aromatic carbocycles. The predicted molar refractivity (Wildman–Crippen MR) is 65.8 cm³/mol. The Balaban J connectivity index is 3.16. The highest BCUT2D eigenvalue weighted by Gasteiger charge is 2.18. The molecule has 0 radical (unpaired) electrons. The largest absolute Gasteiger partial charge is 0.395 e. The van der Waals surface area contributed by atoms with E-state index in [0.29, 0.717) is 18.8 Å². The van der Waals surface area contributed by atoms with Crippen LogP contribution in [-0.4, -0.2) is 29.7 Å². The Morgan fingerprint density at radius 1 is 1.56 bits per heavy atom. The molecular formula is C10H13BrN2O3. The van der Waals surface area contributed by atoms with Crippen LogP contribution in [0.15, 0.2) is 22.7 Å². The maximum Gasteiger partial charge on any atom is 0.292 e. The molecule has 0 aliphatic carbocycles. The van der Waals surface area contributed by atoms with Crippen molar-refractivity contribution in [2.45, 2.75) is 6.92 Å². The van der Waals surface area contributed by atoms with Crippen LogP contribution in [0.2, 0.25) is 0 Å². The third-order valence-electron chi connectivity index (χ3n) is 2.23. The van der Waals surface area contributed by atoms with E-state index in [-0.39, 0.29) is 12.3 Å². The van der Waals surface area contributed by atoms with Gasteiger partial charge in [-0.1, -0.05) is 15.9 Å². The average Bonchev–Trinajstić information content (AvgIpc) is 2.25. The normalized spacial score (nSPS) is 10.2. The second-order valence-corrected chi connectivity index (χ2v) is 4.11. The fraction of sp³-hybridized carbons (Fsp3) is 0.400. The zero-order valence-corrected chi connectivity index (χ0v) is 10.5. The molecule has 0 saturated heterocycles. The SMILES string of the molecule is CCN(CCO)c1cc(Br)ccc1[N+](=O)[O-]. The van der Waals surface area contributed by atoms with Gasteiger partial charge in [0.25, 0.3) is 5.69 Å². The number of likely N-dealkylation sites (N-methyl/N-ethyl adjacent to an activating group) is 1. The Morgan fingerprint density at radius 3 is 2.75 bits per heavy atom. The minimum absolute atomic E-state index is 0.0303. The lowest BCUT2D eigenvalue weighted by Crippen LogP contribution is -2.26. The fourth-order valence-electron chi connectivity index (χ4n) is 1.47. The van der Waals surface area contributed by atoms with E-state index in [2.05, 4.69) is 15.9 Å². The maximum atomic E-state index is 10.9. The average molecular weight is 289 g/mol. The van der Waals surface area contributed by atoms with Gasteiger partial charge in [-0.05, 0) is 19.1 Å². The van der Waals surface area contributed by atoms with Gasteiger partial charge < -0.3 is 10.0 Å². The van der Waals surface area contributed by atoms with E-state index in [1.165, 1.54) is 6.07 Å². The number of rotatable bonds is 5. The number of benzene rings is 1. The van der Waals surface area contributed by atoms with Gasteiger partial charge in [0.1, 0.15) is 5.69 Å². The van der Waals surface area contributed by atoms with Crippen LogP contribution in [0, 0.1) is 10.1 Å². The van der Waals surface area contributed by atoms with Crippen molar-refractivity contribution in [2.75, 3.05) is 24.6 Å². The van der Waals surface area contributed by atoms with Crippen LogP contribution in [0.3, 0.4) is 0 Å². The molecule has 0 aliphatic rings. The Morgan fingerprint density at radius 2 is 2.25 bits per heavy atom. The van der Waals surface area contributed by atoms with Gasteiger partial charge in [-0.3, -0.25) is 10.1 Å². The third kappa shape index (κ3) is 2.93. The molecule has 5 nitrogen and oxygen atoms in total. The number of anilines is 1. The van der Waals surface area contributed by atoms with Gasteiger partial charge in [-0.15, -0.1) is 0 Å². The highest BCUT2D eigenvalue weighted by molar-refractivity contribution is 9.10. The molecule has 0 saturated carbocycles.